The van der Waals surface area contributed by atoms with Gasteiger partial charge in [-0.1, -0.05) is 30.7 Å². The molecule has 0 saturated carbocycles. The number of benzene rings is 1. The molecule has 2 N–H and O–H groups in total. The smallest absolute Gasteiger partial charge is 0.191 e. The SMILES string of the molecule is CN=C(NCCc1cc(C)ccc1OC)NCC(C)c1cccs1. The fourth-order valence-corrected chi connectivity index (χ4v) is 3.35. The van der Waals surface area contributed by atoms with Gasteiger partial charge in [0.2, 0.25) is 0 Å². The van der Waals surface area contributed by atoms with Crippen molar-refractivity contribution in [1.29, 1.82) is 0 Å². The lowest BCUT2D eigenvalue weighted by Crippen LogP contribution is -2.39. The Hall–Kier alpha value is -2.01. The van der Waals surface area contributed by atoms with Crippen molar-refractivity contribution < 1.29 is 4.74 Å². The molecule has 1 heterocycles. The molecule has 4 nitrogen and oxygen atoms in total. The van der Waals surface area contributed by atoms with Gasteiger partial charge in [0, 0.05) is 30.9 Å². The maximum atomic E-state index is 5.43. The molecule has 0 saturated heterocycles. The van der Waals surface area contributed by atoms with Crippen molar-refractivity contribution in [2.45, 2.75) is 26.2 Å². The minimum Gasteiger partial charge on any atom is -0.496 e. The molecule has 24 heavy (non-hydrogen) atoms. The number of rotatable bonds is 7. The summed E-state index contributed by atoms with van der Waals surface area (Å²) in [7, 11) is 3.52. The zero-order valence-corrected chi connectivity index (χ0v) is 15.7. The first-order valence-electron chi connectivity index (χ1n) is 8.25. The Balaban J connectivity index is 1.81. The van der Waals surface area contributed by atoms with Crippen LogP contribution in [0.15, 0.2) is 40.7 Å². The van der Waals surface area contributed by atoms with E-state index < -0.39 is 0 Å². The van der Waals surface area contributed by atoms with Gasteiger partial charge in [-0.15, -0.1) is 11.3 Å². The number of guanidine groups is 1. The van der Waals surface area contributed by atoms with Gasteiger partial charge in [0.15, 0.2) is 5.96 Å². The van der Waals surface area contributed by atoms with Crippen molar-refractivity contribution in [3.8, 4) is 5.75 Å². The molecule has 0 spiro atoms. The van der Waals surface area contributed by atoms with Crippen LogP contribution in [0, 0.1) is 6.92 Å². The zero-order chi connectivity index (χ0) is 17.4. The van der Waals surface area contributed by atoms with E-state index in [2.05, 4.69) is 59.1 Å². The topological polar surface area (TPSA) is 45.7 Å². The lowest BCUT2D eigenvalue weighted by Gasteiger charge is -2.16. The van der Waals surface area contributed by atoms with Crippen LogP contribution < -0.4 is 15.4 Å². The molecule has 0 amide bonds. The van der Waals surface area contributed by atoms with Gasteiger partial charge < -0.3 is 15.4 Å². The van der Waals surface area contributed by atoms with Crippen LogP contribution in [0.1, 0.15) is 28.8 Å². The summed E-state index contributed by atoms with van der Waals surface area (Å²) in [5.41, 5.74) is 2.46. The molecular weight excluding hydrogens is 318 g/mol. The van der Waals surface area contributed by atoms with Gasteiger partial charge in [0.05, 0.1) is 7.11 Å². The number of nitrogens with zero attached hydrogens (tertiary/aromatic N) is 1. The van der Waals surface area contributed by atoms with Gasteiger partial charge in [0.25, 0.3) is 0 Å². The Kier molecular flexibility index (Phi) is 7.12. The second kappa shape index (κ2) is 9.33. The third-order valence-electron chi connectivity index (χ3n) is 3.95. The van der Waals surface area contributed by atoms with E-state index in [1.54, 1.807) is 25.5 Å². The molecule has 5 heteroatoms. The van der Waals surface area contributed by atoms with Gasteiger partial charge in [0.1, 0.15) is 5.75 Å². The molecule has 0 fully saturated rings. The van der Waals surface area contributed by atoms with Gasteiger partial charge in [-0.25, -0.2) is 0 Å². The van der Waals surface area contributed by atoms with Crippen molar-refractivity contribution in [2.24, 2.45) is 4.99 Å². The molecule has 0 aliphatic rings. The third-order valence-corrected chi connectivity index (χ3v) is 5.05. The lowest BCUT2D eigenvalue weighted by molar-refractivity contribution is 0.409. The van der Waals surface area contributed by atoms with E-state index in [0.717, 1.165) is 31.2 Å². The van der Waals surface area contributed by atoms with E-state index in [1.807, 2.05) is 6.07 Å². The number of hydrogen-bond acceptors (Lipinski definition) is 3. The summed E-state index contributed by atoms with van der Waals surface area (Å²) in [5.74, 6) is 2.25. The summed E-state index contributed by atoms with van der Waals surface area (Å²) in [6.45, 7) is 6.01. The number of thiophene rings is 1. The van der Waals surface area contributed by atoms with Gasteiger partial charge in [-0.3, -0.25) is 4.99 Å². The monoisotopic (exact) mass is 345 g/mol. The summed E-state index contributed by atoms with van der Waals surface area (Å²) in [5, 5.41) is 8.89. The third kappa shape index (κ3) is 5.27. The van der Waals surface area contributed by atoms with Gasteiger partial charge in [-0.05, 0) is 36.4 Å². The highest BCUT2D eigenvalue weighted by atomic mass is 32.1. The van der Waals surface area contributed by atoms with E-state index in [1.165, 1.54) is 16.0 Å². The number of ether oxygens (including phenoxy) is 1. The molecule has 1 aromatic heterocycles. The molecule has 0 aliphatic carbocycles. The van der Waals surface area contributed by atoms with Crippen molar-refractivity contribution >= 4 is 17.3 Å². The Labute approximate surface area is 149 Å². The highest BCUT2D eigenvalue weighted by molar-refractivity contribution is 7.10. The Morgan fingerprint density at radius 2 is 2.12 bits per heavy atom. The second-order valence-electron chi connectivity index (χ2n) is 5.86. The summed E-state index contributed by atoms with van der Waals surface area (Å²) in [6, 6.07) is 10.5. The maximum absolute atomic E-state index is 5.43. The Morgan fingerprint density at radius 1 is 1.29 bits per heavy atom. The van der Waals surface area contributed by atoms with Crippen LogP contribution in [-0.4, -0.2) is 33.2 Å². The summed E-state index contributed by atoms with van der Waals surface area (Å²) in [6.07, 6.45) is 0.895. The van der Waals surface area contributed by atoms with Crippen molar-refractivity contribution in [1.82, 2.24) is 10.6 Å². The average molecular weight is 346 g/mol. The first kappa shape index (κ1) is 18.3. The largest absolute Gasteiger partial charge is 0.496 e. The van der Waals surface area contributed by atoms with Crippen LogP contribution in [0.3, 0.4) is 0 Å². The minimum absolute atomic E-state index is 0.473. The molecule has 1 unspecified atom stereocenters. The first-order chi connectivity index (χ1) is 11.6. The number of aliphatic imine (C=N–C) groups is 1. The Bertz CT molecular complexity index is 653. The van der Waals surface area contributed by atoms with Gasteiger partial charge >= 0.3 is 0 Å². The standard InChI is InChI=1S/C19H27N3OS/c1-14-7-8-17(23-4)16(12-14)9-10-21-19(20-3)22-13-15(2)18-6-5-11-24-18/h5-8,11-12,15H,9-10,13H2,1-4H3,(H2,20,21,22). The predicted molar refractivity (Wildman–Crippen MR) is 104 cm³/mol. The molecule has 0 aliphatic heterocycles. The summed E-state index contributed by atoms with van der Waals surface area (Å²) in [4.78, 5) is 5.69. The molecule has 1 aromatic carbocycles. The highest BCUT2D eigenvalue weighted by Gasteiger charge is 2.08. The molecule has 0 bridgehead atoms. The maximum Gasteiger partial charge on any atom is 0.191 e. The zero-order valence-electron chi connectivity index (χ0n) is 14.9. The second-order valence-corrected chi connectivity index (χ2v) is 6.84. The van der Waals surface area contributed by atoms with E-state index in [-0.39, 0.29) is 0 Å². The number of hydrogen-bond donors (Lipinski definition) is 2. The van der Waals surface area contributed by atoms with Gasteiger partial charge in [-0.2, -0.15) is 0 Å². The van der Waals surface area contributed by atoms with Crippen LogP contribution in [0.25, 0.3) is 0 Å². The van der Waals surface area contributed by atoms with E-state index in [0.29, 0.717) is 5.92 Å². The van der Waals surface area contributed by atoms with Crippen LogP contribution in [0.5, 0.6) is 5.75 Å². The van der Waals surface area contributed by atoms with Crippen LogP contribution in [-0.2, 0) is 6.42 Å². The highest BCUT2D eigenvalue weighted by Crippen LogP contribution is 2.20. The van der Waals surface area contributed by atoms with Crippen LogP contribution in [0.2, 0.25) is 0 Å². The first-order valence-corrected chi connectivity index (χ1v) is 9.13. The average Bonchev–Trinajstić information content (AvgIpc) is 3.12. The number of methoxy groups -OCH3 is 1. The molecule has 130 valence electrons. The van der Waals surface area contributed by atoms with Crippen LogP contribution in [0.4, 0.5) is 0 Å². The lowest BCUT2D eigenvalue weighted by atomic mass is 10.1. The van der Waals surface area contributed by atoms with Crippen molar-refractivity contribution in [3.63, 3.8) is 0 Å². The van der Waals surface area contributed by atoms with Crippen LogP contribution >= 0.6 is 11.3 Å². The molecule has 2 rings (SSSR count). The summed E-state index contributed by atoms with van der Waals surface area (Å²) < 4.78 is 5.43. The quantitative estimate of drug-likeness (QED) is 0.596. The molecule has 2 aromatic rings. The minimum atomic E-state index is 0.473. The number of nitrogens with one attached hydrogen (secondary N) is 2. The molecule has 1 atom stereocenters. The van der Waals surface area contributed by atoms with Crippen molar-refractivity contribution in [3.05, 3.63) is 51.7 Å². The number of aryl methyl sites for hydroxylation is 1. The predicted octanol–water partition coefficient (Wildman–Crippen LogP) is 3.58. The molecule has 0 radical (unpaired) electrons. The van der Waals surface area contributed by atoms with E-state index in [9.17, 15) is 0 Å². The van der Waals surface area contributed by atoms with E-state index >= 15 is 0 Å². The molecular formula is C19H27N3OS. The summed E-state index contributed by atoms with van der Waals surface area (Å²) >= 11 is 1.80. The Morgan fingerprint density at radius 3 is 2.79 bits per heavy atom. The van der Waals surface area contributed by atoms with E-state index in [4.69, 9.17) is 4.74 Å². The fraction of sp³-hybridized carbons (Fsp3) is 0.421. The van der Waals surface area contributed by atoms with Crippen molar-refractivity contribution in [2.75, 3.05) is 27.2 Å². The fourth-order valence-electron chi connectivity index (χ4n) is 2.56. The normalized spacial score (nSPS) is 12.8.